The highest BCUT2D eigenvalue weighted by atomic mass is 16.6. The summed E-state index contributed by atoms with van der Waals surface area (Å²) in [5.74, 6) is -1.15. The van der Waals surface area contributed by atoms with Gasteiger partial charge in [-0.3, -0.25) is 0 Å². The normalized spacial score (nSPS) is 14.8. The molecule has 0 spiro atoms. The molecule has 2 aromatic rings. The second-order valence-corrected chi connectivity index (χ2v) is 5.68. The Hall–Kier alpha value is -3.87. The number of aliphatic imine (C=N–C) groups is 1. The molecule has 0 amide bonds. The molecule has 7 heteroatoms. The van der Waals surface area contributed by atoms with E-state index in [1.54, 1.807) is 24.3 Å². The number of esters is 1. The van der Waals surface area contributed by atoms with Crippen LogP contribution in [0.4, 0.5) is 0 Å². The van der Waals surface area contributed by atoms with E-state index >= 15 is 0 Å². The van der Waals surface area contributed by atoms with Crippen molar-refractivity contribution in [2.75, 3.05) is 13.7 Å². The third-order valence-electron chi connectivity index (χ3n) is 3.69. The van der Waals surface area contributed by atoms with Gasteiger partial charge in [-0.05, 0) is 35.4 Å². The van der Waals surface area contributed by atoms with Gasteiger partial charge in [0.1, 0.15) is 6.61 Å². The second kappa shape index (κ2) is 8.68. The van der Waals surface area contributed by atoms with Gasteiger partial charge >= 0.3 is 5.97 Å². The zero-order valence-electron chi connectivity index (χ0n) is 15.0. The predicted octanol–water partition coefficient (Wildman–Crippen LogP) is 1.83. The number of benzene rings is 2. The van der Waals surface area contributed by atoms with Gasteiger partial charge in [0.05, 0.1) is 13.1 Å². The van der Waals surface area contributed by atoms with Crippen molar-refractivity contribution in [2.45, 2.75) is 0 Å². The van der Waals surface area contributed by atoms with Crippen LogP contribution in [0.15, 0.2) is 65.3 Å². The smallest absolute Gasteiger partial charge is 0.363 e. The molecule has 0 fully saturated rings. The average molecular weight is 378 g/mol. The van der Waals surface area contributed by atoms with E-state index in [-0.39, 0.29) is 17.3 Å². The molecule has 0 saturated carbocycles. The van der Waals surface area contributed by atoms with Gasteiger partial charge in [0.15, 0.2) is 17.2 Å². The number of carboxylic acids is 1. The molecule has 3 rings (SSSR count). The van der Waals surface area contributed by atoms with Crippen LogP contribution < -0.4 is 14.6 Å². The summed E-state index contributed by atoms with van der Waals surface area (Å²) in [6.45, 7) is -0.593. The lowest BCUT2D eigenvalue weighted by Gasteiger charge is -2.11. The Labute approximate surface area is 161 Å². The van der Waals surface area contributed by atoms with Crippen molar-refractivity contribution in [1.29, 1.82) is 0 Å². The summed E-state index contributed by atoms with van der Waals surface area (Å²) in [5, 5.41) is 10.5. The van der Waals surface area contributed by atoms with Crippen molar-refractivity contribution < 1.29 is 28.9 Å². The van der Waals surface area contributed by atoms with Crippen molar-refractivity contribution in [1.82, 2.24) is 0 Å². The Bertz CT molecular complexity index is 976. The number of cyclic esters (lactones) is 1. The molecule has 0 bridgehead atoms. The molecular formula is C21H16NO6-. The van der Waals surface area contributed by atoms with E-state index < -0.39 is 18.5 Å². The number of carbonyl (C=O) groups is 2. The van der Waals surface area contributed by atoms with Crippen LogP contribution in [0.2, 0.25) is 0 Å². The molecule has 0 atom stereocenters. The molecule has 28 heavy (non-hydrogen) atoms. The SMILES string of the molecule is COc1cc(/C=C2N=C(/C=C/c3ccccc3)OC\2=O)ccc1OCC(=O)[O-]. The van der Waals surface area contributed by atoms with E-state index in [1.807, 2.05) is 30.3 Å². The number of rotatable bonds is 7. The van der Waals surface area contributed by atoms with Gasteiger partial charge in [-0.25, -0.2) is 9.79 Å². The molecule has 7 nitrogen and oxygen atoms in total. The van der Waals surface area contributed by atoms with Crippen LogP contribution >= 0.6 is 0 Å². The Morgan fingerprint density at radius 3 is 2.61 bits per heavy atom. The lowest BCUT2D eigenvalue weighted by molar-refractivity contribution is -0.307. The first-order valence-corrected chi connectivity index (χ1v) is 8.31. The number of carboxylic acid groups (broad SMARTS) is 1. The maximum absolute atomic E-state index is 12.0. The van der Waals surface area contributed by atoms with Gasteiger partial charge in [0.25, 0.3) is 0 Å². The first-order valence-electron chi connectivity index (χ1n) is 8.31. The topological polar surface area (TPSA) is 97.2 Å². The van der Waals surface area contributed by atoms with Gasteiger partial charge in [-0.1, -0.05) is 36.4 Å². The van der Waals surface area contributed by atoms with Crippen LogP contribution in [0.3, 0.4) is 0 Å². The summed E-state index contributed by atoms with van der Waals surface area (Å²) >= 11 is 0. The Balaban J connectivity index is 1.78. The lowest BCUT2D eigenvalue weighted by Crippen LogP contribution is -2.29. The van der Waals surface area contributed by atoms with E-state index in [2.05, 4.69) is 4.99 Å². The highest BCUT2D eigenvalue weighted by molar-refractivity contribution is 6.11. The number of hydrogen-bond donors (Lipinski definition) is 0. The van der Waals surface area contributed by atoms with Crippen LogP contribution in [0, 0.1) is 0 Å². The third-order valence-corrected chi connectivity index (χ3v) is 3.69. The summed E-state index contributed by atoms with van der Waals surface area (Å²) in [7, 11) is 1.42. The molecule has 1 aliphatic heterocycles. The summed E-state index contributed by atoms with van der Waals surface area (Å²) in [4.78, 5) is 26.7. The standard InChI is InChI=1S/C21H17NO6/c1-26-18-12-15(7-9-17(18)27-13-20(23)24)11-16-21(25)28-19(22-16)10-8-14-5-3-2-4-6-14/h2-12H,13H2,1H3,(H,23,24)/p-1/b10-8+,16-11-. The minimum Gasteiger partial charge on any atom is -0.546 e. The van der Waals surface area contributed by atoms with E-state index in [9.17, 15) is 14.7 Å². The van der Waals surface area contributed by atoms with Crippen LogP contribution in [-0.4, -0.2) is 31.6 Å². The number of carbonyl (C=O) groups excluding carboxylic acids is 2. The van der Waals surface area contributed by atoms with Crippen LogP contribution in [0.25, 0.3) is 12.2 Å². The second-order valence-electron chi connectivity index (χ2n) is 5.68. The Kier molecular flexibility index (Phi) is 5.86. The summed E-state index contributed by atoms with van der Waals surface area (Å²) in [6, 6.07) is 14.3. The fraction of sp³-hybridized carbons (Fsp3) is 0.0952. The molecule has 0 aromatic heterocycles. The first kappa shape index (κ1) is 18.9. The predicted molar refractivity (Wildman–Crippen MR) is 100 cm³/mol. The molecule has 0 radical (unpaired) electrons. The largest absolute Gasteiger partial charge is 0.546 e. The molecule has 0 unspecified atom stereocenters. The fourth-order valence-corrected chi connectivity index (χ4v) is 2.42. The number of nitrogens with zero attached hydrogens (tertiary/aromatic N) is 1. The van der Waals surface area contributed by atoms with Crippen molar-refractivity contribution >= 4 is 30.0 Å². The van der Waals surface area contributed by atoms with Gasteiger partial charge in [0.2, 0.25) is 5.90 Å². The number of aliphatic carboxylic acids is 1. The maximum atomic E-state index is 12.0. The van der Waals surface area contributed by atoms with Gasteiger partial charge in [-0.15, -0.1) is 0 Å². The van der Waals surface area contributed by atoms with Crippen molar-refractivity contribution in [3.8, 4) is 11.5 Å². The fourth-order valence-electron chi connectivity index (χ4n) is 2.42. The number of methoxy groups -OCH3 is 1. The van der Waals surface area contributed by atoms with E-state index in [0.717, 1.165) is 5.56 Å². The quantitative estimate of drug-likeness (QED) is 0.539. The molecule has 1 heterocycles. The monoisotopic (exact) mass is 378 g/mol. The van der Waals surface area contributed by atoms with Crippen LogP contribution in [-0.2, 0) is 14.3 Å². The zero-order valence-corrected chi connectivity index (χ0v) is 15.0. The summed E-state index contributed by atoms with van der Waals surface area (Å²) < 4.78 is 15.4. The van der Waals surface area contributed by atoms with Gasteiger partial charge in [0, 0.05) is 6.08 Å². The molecule has 2 aromatic carbocycles. The third kappa shape index (κ3) is 4.85. The van der Waals surface area contributed by atoms with Crippen LogP contribution in [0.1, 0.15) is 11.1 Å². The molecule has 1 aliphatic rings. The van der Waals surface area contributed by atoms with Crippen LogP contribution in [0.5, 0.6) is 11.5 Å². The molecule has 0 aliphatic carbocycles. The van der Waals surface area contributed by atoms with Gasteiger partial charge < -0.3 is 24.1 Å². The first-order chi connectivity index (χ1) is 13.5. The average Bonchev–Trinajstić information content (AvgIpc) is 3.05. The highest BCUT2D eigenvalue weighted by Gasteiger charge is 2.21. The van der Waals surface area contributed by atoms with Crippen molar-refractivity contribution in [2.24, 2.45) is 4.99 Å². The van der Waals surface area contributed by atoms with Crippen molar-refractivity contribution in [3.05, 3.63) is 71.4 Å². The van der Waals surface area contributed by atoms with E-state index in [1.165, 1.54) is 19.3 Å². The highest BCUT2D eigenvalue weighted by Crippen LogP contribution is 2.29. The molecular weight excluding hydrogens is 362 g/mol. The van der Waals surface area contributed by atoms with E-state index in [0.29, 0.717) is 11.3 Å². The number of ether oxygens (including phenoxy) is 3. The lowest BCUT2D eigenvalue weighted by atomic mass is 10.1. The molecule has 0 N–H and O–H groups in total. The minimum atomic E-state index is -1.34. The van der Waals surface area contributed by atoms with Crippen molar-refractivity contribution in [3.63, 3.8) is 0 Å². The Morgan fingerprint density at radius 1 is 1.11 bits per heavy atom. The molecule has 142 valence electrons. The Morgan fingerprint density at radius 2 is 1.89 bits per heavy atom. The maximum Gasteiger partial charge on any atom is 0.363 e. The summed E-state index contributed by atoms with van der Waals surface area (Å²) in [6.07, 6.45) is 4.95. The summed E-state index contributed by atoms with van der Waals surface area (Å²) in [5.41, 5.74) is 1.70. The van der Waals surface area contributed by atoms with Gasteiger partial charge in [-0.2, -0.15) is 0 Å². The number of hydrogen-bond acceptors (Lipinski definition) is 7. The zero-order chi connectivity index (χ0) is 19.9. The minimum absolute atomic E-state index is 0.137. The molecule has 0 saturated heterocycles. The van der Waals surface area contributed by atoms with E-state index in [4.69, 9.17) is 14.2 Å².